The normalized spacial score (nSPS) is 13.5. The molecule has 24 heavy (non-hydrogen) atoms. The van der Waals surface area contributed by atoms with Gasteiger partial charge in [-0.1, -0.05) is 45.0 Å². The summed E-state index contributed by atoms with van der Waals surface area (Å²) in [7, 11) is 0. The maximum absolute atomic E-state index is 12.9. The highest BCUT2D eigenvalue weighted by Gasteiger charge is 2.26. The molecule has 0 aliphatic carbocycles. The predicted octanol–water partition coefficient (Wildman–Crippen LogP) is 3.87. The van der Waals surface area contributed by atoms with Crippen molar-refractivity contribution < 1.29 is 9.59 Å². The quantitative estimate of drug-likeness (QED) is 0.912. The first-order valence-electron chi connectivity index (χ1n) is 8.17. The smallest absolute Gasteiger partial charge is 0.258 e. The molecular formula is C20H22N2O2. The minimum absolute atomic E-state index is 0.0354. The second-order valence-corrected chi connectivity index (χ2v) is 7.12. The molecule has 0 saturated carbocycles. The summed E-state index contributed by atoms with van der Waals surface area (Å²) >= 11 is 0. The zero-order valence-corrected chi connectivity index (χ0v) is 14.3. The highest BCUT2D eigenvalue weighted by Crippen LogP contribution is 2.29. The minimum Gasteiger partial charge on any atom is -0.326 e. The Labute approximate surface area is 142 Å². The van der Waals surface area contributed by atoms with Gasteiger partial charge in [-0.15, -0.1) is 0 Å². The summed E-state index contributed by atoms with van der Waals surface area (Å²) in [5.41, 5.74) is 2.93. The Morgan fingerprint density at radius 1 is 1.04 bits per heavy atom. The fourth-order valence-electron chi connectivity index (χ4n) is 2.75. The molecule has 4 nitrogen and oxygen atoms in total. The van der Waals surface area contributed by atoms with E-state index in [1.165, 1.54) is 5.56 Å². The fourth-order valence-corrected chi connectivity index (χ4v) is 2.75. The first-order chi connectivity index (χ1) is 11.4. The molecule has 0 aromatic heterocycles. The molecule has 1 N–H and O–H groups in total. The molecule has 0 spiro atoms. The van der Waals surface area contributed by atoms with Gasteiger partial charge < -0.3 is 10.2 Å². The van der Waals surface area contributed by atoms with Crippen LogP contribution in [-0.2, 0) is 11.2 Å². The molecule has 2 amide bonds. The van der Waals surface area contributed by atoms with Gasteiger partial charge >= 0.3 is 0 Å². The lowest BCUT2D eigenvalue weighted by Crippen LogP contribution is -2.29. The van der Waals surface area contributed by atoms with Crippen LogP contribution in [0.15, 0.2) is 48.5 Å². The molecule has 1 heterocycles. The van der Waals surface area contributed by atoms with Crippen LogP contribution in [0.1, 0.15) is 36.7 Å². The zero-order valence-electron chi connectivity index (χ0n) is 14.3. The lowest BCUT2D eigenvalue weighted by molar-refractivity contribution is -0.123. The van der Waals surface area contributed by atoms with E-state index < -0.39 is 5.41 Å². The molecule has 4 heteroatoms. The number of amides is 2. The van der Waals surface area contributed by atoms with Crippen LogP contribution in [0.4, 0.5) is 11.4 Å². The Kier molecular flexibility index (Phi) is 4.14. The Hall–Kier alpha value is -2.62. The Morgan fingerprint density at radius 2 is 1.79 bits per heavy atom. The number of para-hydroxylation sites is 1. The van der Waals surface area contributed by atoms with E-state index >= 15 is 0 Å². The number of anilines is 2. The summed E-state index contributed by atoms with van der Waals surface area (Å²) in [6.07, 6.45) is 0.877. The second kappa shape index (κ2) is 6.11. The van der Waals surface area contributed by atoms with Crippen molar-refractivity contribution in [2.24, 2.45) is 5.41 Å². The van der Waals surface area contributed by atoms with Gasteiger partial charge in [-0.2, -0.15) is 0 Å². The highest BCUT2D eigenvalue weighted by molar-refractivity contribution is 6.08. The van der Waals surface area contributed by atoms with Gasteiger partial charge in [-0.3, -0.25) is 9.59 Å². The van der Waals surface area contributed by atoms with Crippen molar-refractivity contribution in [3.05, 3.63) is 59.7 Å². The van der Waals surface area contributed by atoms with Crippen molar-refractivity contribution in [1.82, 2.24) is 0 Å². The van der Waals surface area contributed by atoms with E-state index in [0.717, 1.165) is 12.1 Å². The number of rotatable bonds is 2. The van der Waals surface area contributed by atoms with Crippen LogP contribution in [0.5, 0.6) is 0 Å². The molecule has 0 unspecified atom stereocenters. The van der Waals surface area contributed by atoms with E-state index in [-0.39, 0.29) is 11.8 Å². The molecule has 1 aliphatic rings. The average molecular weight is 322 g/mol. The predicted molar refractivity (Wildman–Crippen MR) is 96.3 cm³/mol. The third-order valence-corrected chi connectivity index (χ3v) is 4.18. The van der Waals surface area contributed by atoms with Crippen molar-refractivity contribution in [3.63, 3.8) is 0 Å². The van der Waals surface area contributed by atoms with E-state index in [0.29, 0.717) is 17.8 Å². The number of carbonyl (C=O) groups excluding carboxylic acids is 2. The largest absolute Gasteiger partial charge is 0.326 e. The molecule has 0 saturated heterocycles. The van der Waals surface area contributed by atoms with Crippen molar-refractivity contribution in [2.45, 2.75) is 27.2 Å². The number of hydrogen-bond donors (Lipinski definition) is 1. The van der Waals surface area contributed by atoms with E-state index in [2.05, 4.69) is 11.4 Å². The van der Waals surface area contributed by atoms with Crippen LogP contribution >= 0.6 is 0 Å². The van der Waals surface area contributed by atoms with Gasteiger partial charge in [0.2, 0.25) is 5.91 Å². The summed E-state index contributed by atoms with van der Waals surface area (Å²) in [6, 6.07) is 15.1. The maximum atomic E-state index is 12.9. The van der Waals surface area contributed by atoms with Gasteiger partial charge in [0.25, 0.3) is 5.91 Å². The first-order valence-corrected chi connectivity index (χ1v) is 8.17. The third kappa shape index (κ3) is 3.18. The zero-order chi connectivity index (χ0) is 17.3. The van der Waals surface area contributed by atoms with Gasteiger partial charge in [0.1, 0.15) is 0 Å². The topological polar surface area (TPSA) is 49.4 Å². The number of nitrogens with one attached hydrogen (secondary N) is 1. The van der Waals surface area contributed by atoms with E-state index in [9.17, 15) is 9.59 Å². The molecule has 3 rings (SSSR count). The lowest BCUT2D eigenvalue weighted by Gasteiger charge is -2.19. The summed E-state index contributed by atoms with van der Waals surface area (Å²) in [5.74, 6) is -0.106. The summed E-state index contributed by atoms with van der Waals surface area (Å²) in [5, 5.41) is 2.88. The number of carbonyl (C=O) groups is 2. The van der Waals surface area contributed by atoms with Crippen molar-refractivity contribution in [1.29, 1.82) is 0 Å². The van der Waals surface area contributed by atoms with Crippen molar-refractivity contribution in [3.8, 4) is 0 Å². The molecule has 124 valence electrons. The molecule has 0 atom stereocenters. The van der Waals surface area contributed by atoms with Gasteiger partial charge in [0, 0.05) is 28.9 Å². The van der Waals surface area contributed by atoms with E-state index in [4.69, 9.17) is 0 Å². The molecular weight excluding hydrogens is 300 g/mol. The fraction of sp³-hybridized carbons (Fsp3) is 0.300. The van der Waals surface area contributed by atoms with Crippen LogP contribution in [-0.4, -0.2) is 18.4 Å². The van der Waals surface area contributed by atoms with Crippen LogP contribution in [0.25, 0.3) is 0 Å². The van der Waals surface area contributed by atoms with Crippen LogP contribution in [0, 0.1) is 5.41 Å². The van der Waals surface area contributed by atoms with Crippen LogP contribution in [0.3, 0.4) is 0 Å². The Bertz CT molecular complexity index is 790. The number of fused-ring (bicyclic) bond motifs is 1. The van der Waals surface area contributed by atoms with Gasteiger partial charge in [-0.05, 0) is 36.2 Å². The monoisotopic (exact) mass is 322 g/mol. The molecule has 0 bridgehead atoms. The van der Waals surface area contributed by atoms with Gasteiger partial charge in [-0.25, -0.2) is 0 Å². The van der Waals surface area contributed by atoms with Crippen LogP contribution < -0.4 is 10.2 Å². The standard InChI is InChI=1S/C20H22N2O2/c1-20(2,3)19(24)21-16-9-6-8-15(13-16)18(23)22-12-11-14-7-4-5-10-17(14)22/h4-10,13H,11-12H2,1-3H3,(H,21,24). The number of hydrogen-bond acceptors (Lipinski definition) is 2. The van der Waals surface area contributed by atoms with Crippen LogP contribution in [0.2, 0.25) is 0 Å². The third-order valence-electron chi connectivity index (χ3n) is 4.18. The second-order valence-electron chi connectivity index (χ2n) is 7.12. The lowest BCUT2D eigenvalue weighted by atomic mass is 9.95. The summed E-state index contributed by atoms with van der Waals surface area (Å²) in [6.45, 7) is 6.27. The summed E-state index contributed by atoms with van der Waals surface area (Å²) in [4.78, 5) is 26.8. The molecule has 2 aromatic carbocycles. The number of benzene rings is 2. The van der Waals surface area contributed by atoms with Gasteiger partial charge in [0.15, 0.2) is 0 Å². The molecule has 2 aromatic rings. The molecule has 0 radical (unpaired) electrons. The minimum atomic E-state index is -0.478. The molecule has 1 aliphatic heterocycles. The summed E-state index contributed by atoms with van der Waals surface area (Å²) < 4.78 is 0. The number of nitrogens with zero attached hydrogens (tertiary/aromatic N) is 1. The van der Waals surface area contributed by atoms with E-state index in [1.807, 2.05) is 39.0 Å². The SMILES string of the molecule is CC(C)(C)C(=O)Nc1cccc(C(=O)N2CCc3ccccc32)c1. The maximum Gasteiger partial charge on any atom is 0.258 e. The van der Waals surface area contributed by atoms with Crippen molar-refractivity contribution in [2.75, 3.05) is 16.8 Å². The van der Waals surface area contributed by atoms with E-state index in [1.54, 1.807) is 29.2 Å². The molecule has 0 fully saturated rings. The highest BCUT2D eigenvalue weighted by atomic mass is 16.2. The first kappa shape index (κ1) is 16.2. The van der Waals surface area contributed by atoms with Gasteiger partial charge in [0.05, 0.1) is 0 Å². The Balaban J connectivity index is 1.82. The average Bonchev–Trinajstić information content (AvgIpc) is 2.97. The Morgan fingerprint density at radius 3 is 2.54 bits per heavy atom. The van der Waals surface area contributed by atoms with Crippen molar-refractivity contribution >= 4 is 23.2 Å².